The van der Waals surface area contributed by atoms with Crippen LogP contribution in [0.3, 0.4) is 0 Å². The van der Waals surface area contributed by atoms with Gasteiger partial charge in [-0.25, -0.2) is 10.9 Å². The Bertz CT molecular complexity index is 312. The molecule has 2 N–H and O–H groups in total. The summed E-state index contributed by atoms with van der Waals surface area (Å²) in [5.74, 6) is 5.95. The van der Waals surface area contributed by atoms with Crippen molar-refractivity contribution in [3.05, 3.63) is 24.3 Å². The molecule has 0 unspecified atom stereocenters. The number of nitrogens with two attached hydrogens (primary N) is 1. The predicted octanol–water partition coefficient (Wildman–Crippen LogP) is 0.922. The average Bonchev–Trinajstić information content (AvgIpc) is 2.16. The Morgan fingerprint density at radius 1 is 1.54 bits per heavy atom. The van der Waals surface area contributed by atoms with Gasteiger partial charge in [-0.3, -0.25) is 4.79 Å². The van der Waals surface area contributed by atoms with E-state index in [1.807, 2.05) is 0 Å². The number of methoxy groups -OCH3 is 1. The van der Waals surface area contributed by atoms with E-state index in [2.05, 4.69) is 0 Å². The number of hydrogen-bond donors (Lipinski definition) is 1. The summed E-state index contributed by atoms with van der Waals surface area (Å²) in [6.45, 7) is 1.40. The molecule has 0 aliphatic heterocycles. The summed E-state index contributed by atoms with van der Waals surface area (Å²) in [4.78, 5) is 10.9. The van der Waals surface area contributed by atoms with Crippen LogP contribution in [0.5, 0.6) is 5.75 Å². The van der Waals surface area contributed by atoms with Crippen molar-refractivity contribution in [1.29, 1.82) is 0 Å². The van der Waals surface area contributed by atoms with Crippen LogP contribution in [-0.2, 0) is 4.79 Å². The van der Waals surface area contributed by atoms with Crippen LogP contribution in [0.1, 0.15) is 6.92 Å². The zero-order chi connectivity index (χ0) is 9.84. The first-order valence-electron chi connectivity index (χ1n) is 3.84. The van der Waals surface area contributed by atoms with Crippen molar-refractivity contribution < 1.29 is 9.53 Å². The van der Waals surface area contributed by atoms with Gasteiger partial charge in [0.25, 0.3) is 0 Å². The Hall–Kier alpha value is -1.55. The van der Waals surface area contributed by atoms with Gasteiger partial charge in [-0.1, -0.05) is 6.07 Å². The first-order valence-corrected chi connectivity index (χ1v) is 3.84. The maximum atomic E-state index is 10.9. The standard InChI is InChI=1S/C9H12N2O2/c1-7(12)11(10)8-4-3-5-9(6-8)13-2/h3-6H,10H2,1-2H3. The summed E-state index contributed by atoms with van der Waals surface area (Å²) >= 11 is 0. The van der Waals surface area contributed by atoms with Gasteiger partial charge in [0.15, 0.2) is 0 Å². The maximum Gasteiger partial charge on any atom is 0.238 e. The van der Waals surface area contributed by atoms with E-state index in [9.17, 15) is 4.79 Å². The molecule has 0 aromatic heterocycles. The van der Waals surface area contributed by atoms with Crippen molar-refractivity contribution in [2.75, 3.05) is 12.1 Å². The summed E-state index contributed by atoms with van der Waals surface area (Å²) < 4.78 is 4.99. The number of amides is 1. The highest BCUT2D eigenvalue weighted by atomic mass is 16.5. The van der Waals surface area contributed by atoms with E-state index in [0.717, 1.165) is 5.01 Å². The maximum absolute atomic E-state index is 10.9. The topological polar surface area (TPSA) is 55.6 Å². The smallest absolute Gasteiger partial charge is 0.238 e. The molecule has 13 heavy (non-hydrogen) atoms. The molecule has 70 valence electrons. The Morgan fingerprint density at radius 2 is 2.23 bits per heavy atom. The van der Waals surface area contributed by atoms with Crippen molar-refractivity contribution in [2.24, 2.45) is 5.84 Å². The average molecular weight is 180 g/mol. The van der Waals surface area contributed by atoms with E-state index in [-0.39, 0.29) is 5.91 Å². The molecular formula is C9H12N2O2. The van der Waals surface area contributed by atoms with Crippen molar-refractivity contribution >= 4 is 11.6 Å². The molecule has 1 amide bonds. The number of hydrazine groups is 1. The second-order valence-corrected chi connectivity index (χ2v) is 2.59. The monoisotopic (exact) mass is 180 g/mol. The van der Waals surface area contributed by atoms with Crippen molar-refractivity contribution in [1.82, 2.24) is 0 Å². The molecule has 0 saturated carbocycles. The van der Waals surface area contributed by atoms with Crippen LogP contribution in [-0.4, -0.2) is 13.0 Å². The van der Waals surface area contributed by atoms with Crippen LogP contribution in [0.25, 0.3) is 0 Å². The van der Waals surface area contributed by atoms with Crippen LogP contribution in [0, 0.1) is 0 Å². The fraction of sp³-hybridized carbons (Fsp3) is 0.222. The van der Waals surface area contributed by atoms with Crippen molar-refractivity contribution in [3.63, 3.8) is 0 Å². The van der Waals surface area contributed by atoms with Gasteiger partial charge >= 0.3 is 0 Å². The molecule has 0 radical (unpaired) electrons. The highest BCUT2D eigenvalue weighted by molar-refractivity contribution is 5.90. The number of nitrogens with zero attached hydrogens (tertiary/aromatic N) is 1. The quantitative estimate of drug-likeness (QED) is 0.418. The van der Waals surface area contributed by atoms with Crippen LogP contribution < -0.4 is 15.6 Å². The van der Waals surface area contributed by atoms with Gasteiger partial charge in [-0.15, -0.1) is 0 Å². The number of anilines is 1. The zero-order valence-corrected chi connectivity index (χ0v) is 7.65. The third-order valence-electron chi connectivity index (χ3n) is 1.67. The molecule has 0 heterocycles. The van der Waals surface area contributed by atoms with Gasteiger partial charge in [0.1, 0.15) is 5.75 Å². The molecule has 0 bridgehead atoms. The number of carbonyl (C=O) groups is 1. The van der Waals surface area contributed by atoms with Crippen LogP contribution in [0.4, 0.5) is 5.69 Å². The summed E-state index contributed by atoms with van der Waals surface area (Å²) in [6, 6.07) is 7.00. The molecular weight excluding hydrogens is 168 g/mol. The second kappa shape index (κ2) is 3.91. The van der Waals surface area contributed by atoms with E-state index in [4.69, 9.17) is 10.6 Å². The first-order chi connectivity index (χ1) is 6.15. The van der Waals surface area contributed by atoms with Gasteiger partial charge in [-0.2, -0.15) is 0 Å². The molecule has 0 aliphatic carbocycles. The zero-order valence-electron chi connectivity index (χ0n) is 7.65. The molecule has 0 atom stereocenters. The molecule has 0 spiro atoms. The lowest BCUT2D eigenvalue weighted by Gasteiger charge is -2.14. The lowest BCUT2D eigenvalue weighted by molar-refractivity contribution is -0.116. The molecule has 4 nitrogen and oxygen atoms in total. The highest BCUT2D eigenvalue weighted by Crippen LogP contribution is 2.18. The predicted molar refractivity (Wildman–Crippen MR) is 50.3 cm³/mol. The molecule has 4 heteroatoms. The SMILES string of the molecule is COc1cccc(N(N)C(C)=O)c1. The minimum absolute atomic E-state index is 0.215. The summed E-state index contributed by atoms with van der Waals surface area (Å²) in [7, 11) is 1.56. The lowest BCUT2D eigenvalue weighted by atomic mass is 10.3. The largest absolute Gasteiger partial charge is 0.497 e. The molecule has 0 aliphatic rings. The number of ether oxygens (including phenoxy) is 1. The fourth-order valence-corrected chi connectivity index (χ4v) is 0.942. The normalized spacial score (nSPS) is 9.46. The van der Waals surface area contributed by atoms with Gasteiger partial charge in [-0.05, 0) is 12.1 Å². The molecule has 1 aromatic rings. The highest BCUT2D eigenvalue weighted by Gasteiger charge is 2.06. The third-order valence-corrected chi connectivity index (χ3v) is 1.67. The molecule has 1 aromatic carbocycles. The second-order valence-electron chi connectivity index (χ2n) is 2.59. The van der Waals surface area contributed by atoms with Gasteiger partial charge in [0.2, 0.25) is 5.91 Å². The van der Waals surface area contributed by atoms with Crippen molar-refractivity contribution in [3.8, 4) is 5.75 Å². The molecule has 1 rings (SSSR count). The number of rotatable bonds is 2. The minimum atomic E-state index is -0.215. The number of hydrogen-bond acceptors (Lipinski definition) is 3. The Kier molecular flexibility index (Phi) is 2.87. The minimum Gasteiger partial charge on any atom is -0.497 e. The van der Waals surface area contributed by atoms with Gasteiger partial charge in [0.05, 0.1) is 12.8 Å². The van der Waals surface area contributed by atoms with E-state index in [1.165, 1.54) is 6.92 Å². The summed E-state index contributed by atoms with van der Waals surface area (Å²) in [5.41, 5.74) is 0.617. The Morgan fingerprint density at radius 3 is 2.77 bits per heavy atom. The first kappa shape index (κ1) is 9.54. The van der Waals surface area contributed by atoms with Crippen LogP contribution in [0.2, 0.25) is 0 Å². The Labute approximate surface area is 76.9 Å². The summed E-state index contributed by atoms with van der Waals surface area (Å²) in [6.07, 6.45) is 0. The summed E-state index contributed by atoms with van der Waals surface area (Å²) in [5, 5.41) is 1.07. The fourth-order valence-electron chi connectivity index (χ4n) is 0.942. The van der Waals surface area contributed by atoms with E-state index >= 15 is 0 Å². The number of benzene rings is 1. The van der Waals surface area contributed by atoms with Crippen LogP contribution >= 0.6 is 0 Å². The van der Waals surface area contributed by atoms with E-state index in [0.29, 0.717) is 11.4 Å². The molecule has 0 fully saturated rings. The van der Waals surface area contributed by atoms with Gasteiger partial charge < -0.3 is 4.74 Å². The lowest BCUT2D eigenvalue weighted by Crippen LogP contribution is -2.35. The third kappa shape index (κ3) is 2.19. The van der Waals surface area contributed by atoms with E-state index in [1.54, 1.807) is 31.4 Å². The van der Waals surface area contributed by atoms with Gasteiger partial charge in [0, 0.05) is 13.0 Å². The van der Waals surface area contributed by atoms with E-state index < -0.39 is 0 Å². The van der Waals surface area contributed by atoms with Crippen molar-refractivity contribution in [2.45, 2.75) is 6.92 Å². The number of carbonyl (C=O) groups excluding carboxylic acids is 1. The molecule has 0 saturated heterocycles. The van der Waals surface area contributed by atoms with Crippen LogP contribution in [0.15, 0.2) is 24.3 Å². The Balaban J connectivity index is 2.94.